The minimum absolute atomic E-state index is 0.0689. The lowest BCUT2D eigenvalue weighted by molar-refractivity contribution is 0.102. The Kier molecular flexibility index (Phi) is 4.19. The maximum absolute atomic E-state index is 11.9. The zero-order valence-electron chi connectivity index (χ0n) is 11.4. The summed E-state index contributed by atoms with van der Waals surface area (Å²) in [5.41, 5.74) is 6.21. The van der Waals surface area contributed by atoms with Gasteiger partial charge >= 0.3 is 0 Å². The first-order valence-corrected chi connectivity index (χ1v) is 6.26. The molecule has 0 radical (unpaired) electrons. The van der Waals surface area contributed by atoms with Gasteiger partial charge in [0.05, 0.1) is 6.61 Å². The third-order valence-electron chi connectivity index (χ3n) is 2.49. The Morgan fingerprint density at radius 2 is 2.05 bits per heavy atom. The second kappa shape index (κ2) is 6.05. The van der Waals surface area contributed by atoms with E-state index in [0.29, 0.717) is 18.2 Å². The quantitative estimate of drug-likeness (QED) is 0.769. The molecule has 106 valence electrons. The number of nitrogen functional groups attached to an aromatic ring is 1. The van der Waals surface area contributed by atoms with E-state index in [1.165, 1.54) is 0 Å². The number of carbonyl (C=O) groups is 1. The third kappa shape index (κ3) is 3.47. The van der Waals surface area contributed by atoms with Gasteiger partial charge in [-0.2, -0.15) is 5.21 Å². The summed E-state index contributed by atoms with van der Waals surface area (Å²) in [6.07, 6.45) is 0. The standard InChI is InChI=1S/C13H17N5O2/c1-8(2)7-20-10-5-3-9(4-6-10)15-13(19)11-12(14)17-18-16-11/h3-6,8H,7H2,1-2H3,(H,15,19)(H3,14,16,17,18). The molecule has 0 aliphatic heterocycles. The molecule has 0 aliphatic rings. The number of H-pyrrole nitrogens is 1. The molecule has 0 unspecified atom stereocenters. The number of nitrogens with zero attached hydrogens (tertiary/aromatic N) is 2. The monoisotopic (exact) mass is 275 g/mol. The molecule has 4 N–H and O–H groups in total. The van der Waals surface area contributed by atoms with Gasteiger partial charge in [-0.25, -0.2) is 0 Å². The van der Waals surface area contributed by atoms with Crippen LogP contribution in [0.2, 0.25) is 0 Å². The van der Waals surface area contributed by atoms with Crippen LogP contribution in [-0.2, 0) is 0 Å². The van der Waals surface area contributed by atoms with Gasteiger partial charge in [-0.05, 0) is 30.2 Å². The van der Waals surface area contributed by atoms with Crippen molar-refractivity contribution in [2.75, 3.05) is 17.7 Å². The van der Waals surface area contributed by atoms with Gasteiger partial charge in [0.1, 0.15) is 5.75 Å². The minimum atomic E-state index is -0.410. The number of anilines is 2. The first kappa shape index (κ1) is 13.9. The highest BCUT2D eigenvalue weighted by atomic mass is 16.5. The molecule has 20 heavy (non-hydrogen) atoms. The van der Waals surface area contributed by atoms with E-state index in [-0.39, 0.29) is 11.5 Å². The van der Waals surface area contributed by atoms with Gasteiger partial charge in [-0.15, -0.1) is 10.2 Å². The molecule has 0 saturated heterocycles. The molecule has 1 heterocycles. The summed E-state index contributed by atoms with van der Waals surface area (Å²) < 4.78 is 5.56. The van der Waals surface area contributed by atoms with Gasteiger partial charge < -0.3 is 15.8 Å². The van der Waals surface area contributed by atoms with Crippen molar-refractivity contribution in [1.82, 2.24) is 15.4 Å². The number of benzene rings is 1. The van der Waals surface area contributed by atoms with Crippen molar-refractivity contribution in [3.8, 4) is 5.75 Å². The molecule has 1 aromatic carbocycles. The Labute approximate surface area is 116 Å². The van der Waals surface area contributed by atoms with Crippen LogP contribution in [0.1, 0.15) is 24.3 Å². The highest BCUT2D eigenvalue weighted by Crippen LogP contribution is 2.17. The van der Waals surface area contributed by atoms with Crippen LogP contribution in [0.15, 0.2) is 24.3 Å². The smallest absolute Gasteiger partial charge is 0.280 e. The lowest BCUT2D eigenvalue weighted by Crippen LogP contribution is -2.14. The average Bonchev–Trinajstić information content (AvgIpc) is 2.84. The maximum Gasteiger partial charge on any atom is 0.280 e. The summed E-state index contributed by atoms with van der Waals surface area (Å²) in [7, 11) is 0. The number of hydrogen-bond acceptors (Lipinski definition) is 5. The summed E-state index contributed by atoms with van der Waals surface area (Å²) in [6.45, 7) is 4.81. The molecule has 2 rings (SSSR count). The maximum atomic E-state index is 11.9. The van der Waals surface area contributed by atoms with Crippen molar-refractivity contribution < 1.29 is 9.53 Å². The molecule has 0 bridgehead atoms. The van der Waals surface area contributed by atoms with Gasteiger partial charge in [-0.3, -0.25) is 4.79 Å². The summed E-state index contributed by atoms with van der Waals surface area (Å²) in [5.74, 6) is 0.883. The summed E-state index contributed by atoms with van der Waals surface area (Å²) in [6, 6.07) is 7.10. The predicted molar refractivity (Wildman–Crippen MR) is 75.5 cm³/mol. The number of nitrogens with one attached hydrogen (secondary N) is 2. The van der Waals surface area contributed by atoms with Gasteiger partial charge in [0, 0.05) is 5.69 Å². The molecule has 2 aromatic rings. The Morgan fingerprint density at radius 3 is 2.60 bits per heavy atom. The van der Waals surface area contributed by atoms with E-state index in [9.17, 15) is 4.79 Å². The molecule has 0 spiro atoms. The fourth-order valence-corrected chi connectivity index (χ4v) is 1.49. The zero-order valence-corrected chi connectivity index (χ0v) is 11.4. The molecular formula is C13H17N5O2. The second-order valence-electron chi connectivity index (χ2n) is 4.74. The summed E-state index contributed by atoms with van der Waals surface area (Å²) >= 11 is 0. The number of ether oxygens (including phenoxy) is 1. The van der Waals surface area contributed by atoms with Gasteiger partial charge in [0.15, 0.2) is 11.5 Å². The van der Waals surface area contributed by atoms with Gasteiger partial charge in [0.25, 0.3) is 5.91 Å². The van der Waals surface area contributed by atoms with E-state index in [4.69, 9.17) is 10.5 Å². The van der Waals surface area contributed by atoms with Crippen LogP contribution in [0, 0.1) is 5.92 Å². The van der Waals surface area contributed by atoms with Crippen LogP contribution in [0.3, 0.4) is 0 Å². The van der Waals surface area contributed by atoms with Crippen molar-refractivity contribution >= 4 is 17.4 Å². The third-order valence-corrected chi connectivity index (χ3v) is 2.49. The Bertz CT molecular complexity index is 577. The van der Waals surface area contributed by atoms with Crippen LogP contribution in [-0.4, -0.2) is 27.9 Å². The Balaban J connectivity index is 1.97. The molecule has 0 atom stereocenters. The fraction of sp³-hybridized carbons (Fsp3) is 0.308. The second-order valence-corrected chi connectivity index (χ2v) is 4.74. The molecule has 0 aliphatic carbocycles. The molecule has 0 saturated carbocycles. The van der Waals surface area contributed by atoms with E-state index in [0.717, 1.165) is 5.75 Å². The van der Waals surface area contributed by atoms with Crippen molar-refractivity contribution in [3.05, 3.63) is 30.0 Å². The van der Waals surface area contributed by atoms with Gasteiger partial charge in [-0.1, -0.05) is 13.8 Å². The highest BCUT2D eigenvalue weighted by Gasteiger charge is 2.14. The number of amides is 1. The van der Waals surface area contributed by atoms with Crippen LogP contribution >= 0.6 is 0 Å². The molecule has 7 nitrogen and oxygen atoms in total. The topological polar surface area (TPSA) is 106 Å². The number of nitrogens with two attached hydrogens (primary N) is 1. The lowest BCUT2D eigenvalue weighted by atomic mass is 10.2. The van der Waals surface area contributed by atoms with E-state index >= 15 is 0 Å². The van der Waals surface area contributed by atoms with E-state index in [1.54, 1.807) is 24.3 Å². The molecular weight excluding hydrogens is 258 g/mol. The minimum Gasteiger partial charge on any atom is -0.493 e. The number of hydrogen-bond donors (Lipinski definition) is 3. The SMILES string of the molecule is CC(C)COc1ccc(NC(=O)c2n[nH]nc2N)cc1. The summed E-state index contributed by atoms with van der Waals surface area (Å²) in [4.78, 5) is 11.9. The van der Waals surface area contributed by atoms with Crippen molar-refractivity contribution in [2.24, 2.45) is 5.92 Å². The number of aromatic amines is 1. The lowest BCUT2D eigenvalue weighted by Gasteiger charge is -2.09. The summed E-state index contributed by atoms with van der Waals surface area (Å²) in [5, 5.41) is 12.3. The van der Waals surface area contributed by atoms with E-state index < -0.39 is 5.91 Å². The largest absolute Gasteiger partial charge is 0.493 e. The van der Waals surface area contributed by atoms with Crippen LogP contribution < -0.4 is 15.8 Å². The van der Waals surface area contributed by atoms with Crippen LogP contribution in [0.5, 0.6) is 5.75 Å². The number of rotatable bonds is 5. The molecule has 7 heteroatoms. The Hall–Kier alpha value is -2.57. The highest BCUT2D eigenvalue weighted by molar-refractivity contribution is 6.05. The first-order chi connectivity index (χ1) is 9.56. The van der Waals surface area contributed by atoms with Crippen molar-refractivity contribution in [2.45, 2.75) is 13.8 Å². The molecule has 1 amide bonds. The molecule has 0 fully saturated rings. The number of carbonyl (C=O) groups excluding carboxylic acids is 1. The predicted octanol–water partition coefficient (Wildman–Crippen LogP) is 1.67. The zero-order chi connectivity index (χ0) is 14.5. The van der Waals surface area contributed by atoms with E-state index in [2.05, 4.69) is 34.6 Å². The van der Waals surface area contributed by atoms with Gasteiger partial charge in [0.2, 0.25) is 0 Å². The van der Waals surface area contributed by atoms with Crippen LogP contribution in [0.25, 0.3) is 0 Å². The average molecular weight is 275 g/mol. The molecule has 1 aromatic heterocycles. The van der Waals surface area contributed by atoms with Crippen molar-refractivity contribution in [1.29, 1.82) is 0 Å². The number of aromatic nitrogens is 3. The Morgan fingerprint density at radius 1 is 1.35 bits per heavy atom. The van der Waals surface area contributed by atoms with E-state index in [1.807, 2.05) is 0 Å². The fourth-order valence-electron chi connectivity index (χ4n) is 1.49. The van der Waals surface area contributed by atoms with Crippen molar-refractivity contribution in [3.63, 3.8) is 0 Å². The normalized spacial score (nSPS) is 10.6. The first-order valence-electron chi connectivity index (χ1n) is 6.26. The van der Waals surface area contributed by atoms with Crippen LogP contribution in [0.4, 0.5) is 11.5 Å².